The third kappa shape index (κ3) is 2.00. The number of phenolic OH excluding ortho intramolecular Hbond substituents is 1. The number of pyridine rings is 1. The Morgan fingerprint density at radius 3 is 2.94 bits per heavy atom. The maximum Gasteiger partial charge on any atom is 0.138 e. The van der Waals surface area contributed by atoms with Gasteiger partial charge in [-0.25, -0.2) is 0 Å². The molecule has 2 N–H and O–H groups in total. The van der Waals surface area contributed by atoms with E-state index in [1.54, 1.807) is 24.5 Å². The topological polar surface area (TPSA) is 58.1 Å². The average Bonchev–Trinajstić information content (AvgIpc) is 2.82. The number of nitrogens with one attached hydrogen (secondary N) is 1. The Hall–Kier alpha value is -2.49. The summed E-state index contributed by atoms with van der Waals surface area (Å²) >= 11 is 0. The molecule has 2 heterocycles. The van der Waals surface area contributed by atoms with Crippen LogP contribution in [0.4, 0.5) is 0 Å². The van der Waals surface area contributed by atoms with Crippen LogP contribution in [0.2, 0.25) is 0 Å². The summed E-state index contributed by atoms with van der Waals surface area (Å²) in [7, 11) is 0. The summed E-state index contributed by atoms with van der Waals surface area (Å²) < 4.78 is 5.59. The molecule has 0 aliphatic carbocycles. The number of H-pyrrole nitrogens is 1. The minimum absolute atomic E-state index is 0.274. The van der Waals surface area contributed by atoms with Gasteiger partial charge in [0.05, 0.1) is 11.9 Å². The summed E-state index contributed by atoms with van der Waals surface area (Å²) in [6, 6.07) is 11.0. The van der Waals surface area contributed by atoms with Crippen molar-refractivity contribution in [3.8, 4) is 11.5 Å². The fourth-order valence-electron chi connectivity index (χ4n) is 1.87. The first-order valence-corrected chi connectivity index (χ1v) is 5.65. The molecule has 0 saturated carbocycles. The zero-order valence-corrected chi connectivity index (χ0v) is 9.63. The van der Waals surface area contributed by atoms with Crippen molar-refractivity contribution in [2.45, 2.75) is 6.61 Å². The summed E-state index contributed by atoms with van der Waals surface area (Å²) in [6.07, 6.45) is 3.37. The van der Waals surface area contributed by atoms with Gasteiger partial charge in [-0.1, -0.05) is 6.07 Å². The molecule has 0 spiro atoms. The molecule has 0 fully saturated rings. The molecule has 0 radical (unpaired) electrons. The summed E-state index contributed by atoms with van der Waals surface area (Å²) in [4.78, 5) is 7.18. The van der Waals surface area contributed by atoms with E-state index in [1.165, 1.54) is 0 Å². The predicted molar refractivity (Wildman–Crippen MR) is 68.5 cm³/mol. The molecular weight excluding hydrogens is 228 g/mol. The first kappa shape index (κ1) is 10.7. The van der Waals surface area contributed by atoms with Gasteiger partial charge in [-0.15, -0.1) is 0 Å². The minimum Gasteiger partial charge on any atom is -0.507 e. The van der Waals surface area contributed by atoms with Gasteiger partial charge in [0, 0.05) is 17.1 Å². The number of hydrogen-bond acceptors (Lipinski definition) is 3. The van der Waals surface area contributed by atoms with Crippen molar-refractivity contribution >= 4 is 10.9 Å². The molecule has 2 aromatic heterocycles. The lowest BCUT2D eigenvalue weighted by Crippen LogP contribution is -1.95. The maximum absolute atomic E-state index is 9.70. The molecule has 3 aromatic rings. The van der Waals surface area contributed by atoms with Crippen LogP contribution < -0.4 is 4.74 Å². The van der Waals surface area contributed by atoms with Gasteiger partial charge >= 0.3 is 0 Å². The van der Waals surface area contributed by atoms with Gasteiger partial charge in [-0.3, -0.25) is 4.98 Å². The fourth-order valence-corrected chi connectivity index (χ4v) is 1.87. The molecule has 0 bridgehead atoms. The van der Waals surface area contributed by atoms with Gasteiger partial charge in [-0.05, 0) is 30.3 Å². The van der Waals surface area contributed by atoms with E-state index in [1.807, 2.05) is 24.3 Å². The number of aromatic amines is 1. The first-order valence-electron chi connectivity index (χ1n) is 5.65. The smallest absolute Gasteiger partial charge is 0.138 e. The highest BCUT2D eigenvalue weighted by Gasteiger charge is 2.04. The standard InChI is InChI=1S/C14H12N2O2/c17-14-5-1-4-13-12(14)7-10(16-13)9-18-11-3-2-6-15-8-11/h1-8,16-17H,9H2. The largest absolute Gasteiger partial charge is 0.507 e. The monoisotopic (exact) mass is 240 g/mol. The molecule has 0 aliphatic heterocycles. The van der Waals surface area contributed by atoms with E-state index in [4.69, 9.17) is 4.74 Å². The summed E-state index contributed by atoms with van der Waals surface area (Å²) in [5, 5.41) is 10.5. The molecule has 3 rings (SSSR count). The molecular formula is C14H12N2O2. The number of nitrogens with zero attached hydrogens (tertiary/aromatic N) is 1. The van der Waals surface area contributed by atoms with E-state index in [-0.39, 0.29) is 5.75 Å². The summed E-state index contributed by atoms with van der Waals surface area (Å²) in [5.41, 5.74) is 1.81. The van der Waals surface area contributed by atoms with Gasteiger partial charge in [0.15, 0.2) is 0 Å². The van der Waals surface area contributed by atoms with E-state index in [0.29, 0.717) is 6.61 Å². The van der Waals surface area contributed by atoms with Crippen LogP contribution in [-0.2, 0) is 6.61 Å². The second-order valence-corrected chi connectivity index (χ2v) is 4.01. The minimum atomic E-state index is 0.274. The van der Waals surface area contributed by atoms with E-state index >= 15 is 0 Å². The second kappa shape index (κ2) is 4.41. The van der Waals surface area contributed by atoms with Crippen molar-refractivity contribution in [3.05, 3.63) is 54.5 Å². The zero-order valence-electron chi connectivity index (χ0n) is 9.63. The second-order valence-electron chi connectivity index (χ2n) is 4.01. The maximum atomic E-state index is 9.70. The van der Waals surface area contributed by atoms with Crippen LogP contribution in [0.5, 0.6) is 11.5 Å². The van der Waals surface area contributed by atoms with E-state index in [9.17, 15) is 5.11 Å². The molecule has 4 heteroatoms. The van der Waals surface area contributed by atoms with Crippen LogP contribution in [0.25, 0.3) is 10.9 Å². The van der Waals surface area contributed by atoms with Crippen molar-refractivity contribution in [1.82, 2.24) is 9.97 Å². The van der Waals surface area contributed by atoms with E-state index in [0.717, 1.165) is 22.3 Å². The summed E-state index contributed by atoms with van der Waals surface area (Å²) in [6.45, 7) is 0.416. The Morgan fingerprint density at radius 1 is 1.22 bits per heavy atom. The molecule has 0 aliphatic rings. The van der Waals surface area contributed by atoms with Crippen LogP contribution >= 0.6 is 0 Å². The Balaban J connectivity index is 1.81. The Kier molecular flexibility index (Phi) is 2.61. The Bertz CT molecular complexity index is 662. The van der Waals surface area contributed by atoms with Crippen molar-refractivity contribution in [2.75, 3.05) is 0 Å². The predicted octanol–water partition coefficient (Wildman–Crippen LogP) is 2.85. The molecule has 0 unspecified atom stereocenters. The molecule has 18 heavy (non-hydrogen) atoms. The van der Waals surface area contributed by atoms with Crippen LogP contribution in [0.3, 0.4) is 0 Å². The Labute approximate surface area is 104 Å². The van der Waals surface area contributed by atoms with E-state index in [2.05, 4.69) is 9.97 Å². The average molecular weight is 240 g/mol. The number of rotatable bonds is 3. The molecule has 1 aromatic carbocycles. The van der Waals surface area contributed by atoms with Gasteiger partial charge in [0.25, 0.3) is 0 Å². The number of hydrogen-bond donors (Lipinski definition) is 2. The number of phenols is 1. The fraction of sp³-hybridized carbons (Fsp3) is 0.0714. The van der Waals surface area contributed by atoms with Crippen molar-refractivity contribution < 1.29 is 9.84 Å². The number of aromatic nitrogens is 2. The van der Waals surface area contributed by atoms with Crippen molar-refractivity contribution in [3.63, 3.8) is 0 Å². The van der Waals surface area contributed by atoms with Crippen molar-refractivity contribution in [2.24, 2.45) is 0 Å². The first-order chi connectivity index (χ1) is 8.83. The van der Waals surface area contributed by atoms with Gasteiger partial charge < -0.3 is 14.8 Å². The molecule has 0 amide bonds. The van der Waals surface area contributed by atoms with Crippen molar-refractivity contribution in [1.29, 1.82) is 0 Å². The van der Waals surface area contributed by atoms with E-state index < -0.39 is 0 Å². The lowest BCUT2D eigenvalue weighted by Gasteiger charge is -2.02. The van der Waals surface area contributed by atoms with Gasteiger partial charge in [0.1, 0.15) is 18.1 Å². The third-order valence-electron chi connectivity index (χ3n) is 2.73. The highest BCUT2D eigenvalue weighted by atomic mass is 16.5. The van der Waals surface area contributed by atoms with Crippen LogP contribution in [0.15, 0.2) is 48.8 Å². The van der Waals surface area contributed by atoms with Crippen LogP contribution in [-0.4, -0.2) is 15.1 Å². The quantitative estimate of drug-likeness (QED) is 0.740. The lowest BCUT2D eigenvalue weighted by molar-refractivity contribution is 0.301. The SMILES string of the molecule is Oc1cccc2[nH]c(COc3cccnc3)cc12. The zero-order chi connectivity index (χ0) is 12.4. The number of aromatic hydroxyl groups is 1. The van der Waals surface area contributed by atoms with Crippen LogP contribution in [0, 0.1) is 0 Å². The molecule has 0 saturated heterocycles. The van der Waals surface area contributed by atoms with Crippen LogP contribution in [0.1, 0.15) is 5.69 Å². The lowest BCUT2D eigenvalue weighted by atomic mass is 10.2. The number of fused-ring (bicyclic) bond motifs is 1. The highest BCUT2D eigenvalue weighted by Crippen LogP contribution is 2.25. The number of benzene rings is 1. The van der Waals surface area contributed by atoms with Gasteiger partial charge in [-0.2, -0.15) is 0 Å². The Morgan fingerprint density at radius 2 is 2.17 bits per heavy atom. The van der Waals surface area contributed by atoms with Gasteiger partial charge in [0.2, 0.25) is 0 Å². The normalized spacial score (nSPS) is 10.7. The third-order valence-corrected chi connectivity index (χ3v) is 2.73. The molecule has 90 valence electrons. The highest BCUT2D eigenvalue weighted by molar-refractivity contribution is 5.86. The number of ether oxygens (including phenoxy) is 1. The molecule has 0 atom stereocenters. The molecule has 4 nitrogen and oxygen atoms in total. The summed E-state index contributed by atoms with van der Waals surface area (Å²) in [5.74, 6) is 0.997.